The molecule has 3 rings (SSSR count). The van der Waals surface area contributed by atoms with Gasteiger partial charge in [-0.1, -0.05) is 20.8 Å². The van der Waals surface area contributed by atoms with Gasteiger partial charge in [-0.3, -0.25) is 4.79 Å². The summed E-state index contributed by atoms with van der Waals surface area (Å²) in [6.45, 7) is 7.28. The van der Waals surface area contributed by atoms with Gasteiger partial charge in [-0.15, -0.1) is 0 Å². The van der Waals surface area contributed by atoms with Gasteiger partial charge < -0.3 is 20.2 Å². The van der Waals surface area contributed by atoms with Crippen LogP contribution in [0.3, 0.4) is 0 Å². The van der Waals surface area contributed by atoms with Gasteiger partial charge >= 0.3 is 0 Å². The molecule has 3 heterocycles. The molecule has 7 heteroatoms. The van der Waals surface area contributed by atoms with E-state index in [0.717, 1.165) is 11.4 Å². The van der Waals surface area contributed by atoms with Crippen LogP contribution in [-0.4, -0.2) is 49.5 Å². The molecule has 2 aromatic heterocycles. The van der Waals surface area contributed by atoms with E-state index in [4.69, 9.17) is 5.73 Å². The van der Waals surface area contributed by atoms with Gasteiger partial charge in [-0.05, 0) is 0 Å². The molecular weight excluding hydrogens is 292 g/mol. The normalized spacial score (nSPS) is 21.9. The average molecular weight is 316 g/mol. The molecule has 1 saturated heterocycles. The van der Waals surface area contributed by atoms with Crippen molar-refractivity contribution in [3.63, 3.8) is 0 Å². The highest BCUT2D eigenvalue weighted by molar-refractivity contribution is 5.94. The molecule has 23 heavy (non-hydrogen) atoms. The van der Waals surface area contributed by atoms with E-state index in [2.05, 4.69) is 35.7 Å². The van der Waals surface area contributed by atoms with Gasteiger partial charge in [-0.25, -0.2) is 9.97 Å². The van der Waals surface area contributed by atoms with Crippen molar-refractivity contribution in [2.45, 2.75) is 38.1 Å². The molecule has 0 spiro atoms. The van der Waals surface area contributed by atoms with Gasteiger partial charge in [0.1, 0.15) is 5.69 Å². The zero-order chi connectivity index (χ0) is 16.8. The second kappa shape index (κ2) is 5.49. The van der Waals surface area contributed by atoms with Gasteiger partial charge in [0.05, 0.1) is 24.0 Å². The topological polar surface area (TPSA) is 92.8 Å². The third-order valence-electron chi connectivity index (χ3n) is 4.35. The SMILES string of the molecule is Cn1cnc([C@@H]2CN(C(=O)c3nc[nH]c3C(C)(C)C)C[C@H]2N)c1. The maximum atomic E-state index is 12.9. The van der Waals surface area contributed by atoms with E-state index < -0.39 is 0 Å². The van der Waals surface area contributed by atoms with Gasteiger partial charge in [0.15, 0.2) is 0 Å². The molecule has 7 nitrogen and oxygen atoms in total. The molecule has 124 valence electrons. The van der Waals surface area contributed by atoms with E-state index >= 15 is 0 Å². The number of imidazole rings is 2. The number of aromatic amines is 1. The third kappa shape index (κ3) is 2.88. The monoisotopic (exact) mass is 316 g/mol. The van der Waals surface area contributed by atoms with E-state index in [9.17, 15) is 4.79 Å². The zero-order valence-electron chi connectivity index (χ0n) is 14.1. The van der Waals surface area contributed by atoms with E-state index in [1.165, 1.54) is 0 Å². The average Bonchev–Trinajstić information content (AvgIpc) is 3.15. The molecule has 0 aliphatic carbocycles. The lowest BCUT2D eigenvalue weighted by atomic mass is 9.90. The number of rotatable bonds is 2. The van der Waals surface area contributed by atoms with E-state index in [-0.39, 0.29) is 23.3 Å². The summed E-state index contributed by atoms with van der Waals surface area (Å²) in [6.07, 6.45) is 5.31. The Morgan fingerprint density at radius 3 is 2.70 bits per heavy atom. The van der Waals surface area contributed by atoms with Crippen molar-refractivity contribution in [3.8, 4) is 0 Å². The molecule has 2 atom stereocenters. The fourth-order valence-electron chi connectivity index (χ4n) is 3.11. The Balaban J connectivity index is 1.81. The van der Waals surface area contributed by atoms with E-state index in [0.29, 0.717) is 18.8 Å². The highest BCUT2D eigenvalue weighted by Crippen LogP contribution is 2.28. The summed E-state index contributed by atoms with van der Waals surface area (Å²) in [5.74, 6) is 0.00207. The molecule has 0 radical (unpaired) electrons. The lowest BCUT2D eigenvalue weighted by Gasteiger charge is -2.21. The number of carbonyl (C=O) groups excluding carboxylic acids is 1. The van der Waals surface area contributed by atoms with Crippen LogP contribution in [0.15, 0.2) is 18.9 Å². The first-order valence-electron chi connectivity index (χ1n) is 7.84. The van der Waals surface area contributed by atoms with Crippen molar-refractivity contribution in [1.29, 1.82) is 0 Å². The number of amides is 1. The molecule has 0 saturated carbocycles. The Hall–Kier alpha value is -2.15. The molecule has 1 aliphatic heterocycles. The number of nitrogens with one attached hydrogen (secondary N) is 1. The molecule has 1 aliphatic rings. The van der Waals surface area contributed by atoms with Gasteiger partial charge in [0.2, 0.25) is 0 Å². The van der Waals surface area contributed by atoms with Crippen LogP contribution in [0.1, 0.15) is 48.6 Å². The molecule has 1 amide bonds. The van der Waals surface area contributed by atoms with Crippen molar-refractivity contribution in [1.82, 2.24) is 24.4 Å². The van der Waals surface area contributed by atoms with Crippen LogP contribution in [0, 0.1) is 0 Å². The van der Waals surface area contributed by atoms with Crippen LogP contribution in [0.4, 0.5) is 0 Å². The van der Waals surface area contributed by atoms with E-state index in [1.54, 1.807) is 17.6 Å². The first-order chi connectivity index (χ1) is 10.8. The minimum atomic E-state index is -0.163. The third-order valence-corrected chi connectivity index (χ3v) is 4.35. The van der Waals surface area contributed by atoms with Crippen LogP contribution in [0.2, 0.25) is 0 Å². The number of hydrogen-bond donors (Lipinski definition) is 2. The number of aryl methyl sites for hydroxylation is 1. The molecule has 3 N–H and O–H groups in total. The summed E-state index contributed by atoms with van der Waals surface area (Å²) in [7, 11) is 1.93. The fraction of sp³-hybridized carbons (Fsp3) is 0.562. The standard InChI is InChI=1S/C16H24N6O/c1-16(2,3)14-13(18-8-19-14)15(23)22-5-10(11(17)6-22)12-7-21(4)9-20-12/h7-11H,5-6,17H2,1-4H3,(H,18,19)/t10-,11-/m1/s1. The first kappa shape index (κ1) is 15.7. The number of aromatic nitrogens is 4. The van der Waals surface area contributed by atoms with Crippen LogP contribution in [-0.2, 0) is 12.5 Å². The molecule has 0 aromatic carbocycles. The van der Waals surface area contributed by atoms with Crippen molar-refractivity contribution < 1.29 is 4.79 Å². The van der Waals surface area contributed by atoms with Crippen LogP contribution >= 0.6 is 0 Å². The Kier molecular flexibility index (Phi) is 3.75. The second-order valence-electron chi connectivity index (χ2n) is 7.32. The number of likely N-dealkylation sites (tertiary alicyclic amines) is 1. The highest BCUT2D eigenvalue weighted by Gasteiger charge is 2.37. The number of nitrogens with two attached hydrogens (primary N) is 1. The van der Waals surface area contributed by atoms with Crippen LogP contribution in [0.25, 0.3) is 0 Å². The summed E-state index contributed by atoms with van der Waals surface area (Å²) in [5, 5.41) is 0. The summed E-state index contributed by atoms with van der Waals surface area (Å²) < 4.78 is 1.90. The second-order valence-corrected chi connectivity index (χ2v) is 7.32. The van der Waals surface area contributed by atoms with Gasteiger partial charge in [0, 0.05) is 43.7 Å². The lowest BCUT2D eigenvalue weighted by molar-refractivity contribution is 0.0781. The summed E-state index contributed by atoms with van der Waals surface area (Å²) in [5.41, 5.74) is 8.38. The van der Waals surface area contributed by atoms with E-state index in [1.807, 2.05) is 17.8 Å². The zero-order valence-corrected chi connectivity index (χ0v) is 14.1. The largest absolute Gasteiger partial charge is 0.347 e. The van der Waals surface area contributed by atoms with Crippen molar-refractivity contribution >= 4 is 5.91 Å². The molecule has 1 fully saturated rings. The molecule has 0 unspecified atom stereocenters. The Morgan fingerprint density at radius 2 is 2.09 bits per heavy atom. The number of nitrogens with zero attached hydrogens (tertiary/aromatic N) is 4. The number of H-pyrrole nitrogens is 1. The lowest BCUT2D eigenvalue weighted by Crippen LogP contribution is -2.33. The Morgan fingerprint density at radius 1 is 1.35 bits per heavy atom. The molecule has 2 aromatic rings. The number of carbonyl (C=O) groups is 1. The maximum Gasteiger partial charge on any atom is 0.274 e. The smallest absolute Gasteiger partial charge is 0.274 e. The predicted molar refractivity (Wildman–Crippen MR) is 87.1 cm³/mol. The summed E-state index contributed by atoms with van der Waals surface area (Å²) >= 11 is 0. The Bertz CT molecular complexity index is 710. The van der Waals surface area contributed by atoms with Crippen LogP contribution < -0.4 is 5.73 Å². The minimum Gasteiger partial charge on any atom is -0.347 e. The maximum absolute atomic E-state index is 12.9. The summed E-state index contributed by atoms with van der Waals surface area (Å²) in [6, 6.07) is -0.106. The number of hydrogen-bond acceptors (Lipinski definition) is 4. The van der Waals surface area contributed by atoms with Crippen molar-refractivity contribution in [2.75, 3.05) is 13.1 Å². The first-order valence-corrected chi connectivity index (χ1v) is 7.84. The summed E-state index contributed by atoms with van der Waals surface area (Å²) in [4.78, 5) is 26.4. The van der Waals surface area contributed by atoms with Crippen LogP contribution in [0.5, 0.6) is 0 Å². The minimum absolute atomic E-state index is 0.0648. The van der Waals surface area contributed by atoms with Gasteiger partial charge in [0.25, 0.3) is 5.91 Å². The quantitative estimate of drug-likeness (QED) is 0.864. The predicted octanol–water partition coefficient (Wildman–Crippen LogP) is 1.01. The van der Waals surface area contributed by atoms with Crippen molar-refractivity contribution in [3.05, 3.63) is 35.9 Å². The molecular formula is C16H24N6O. The fourth-order valence-corrected chi connectivity index (χ4v) is 3.11. The highest BCUT2D eigenvalue weighted by atomic mass is 16.2. The molecule has 0 bridgehead atoms. The van der Waals surface area contributed by atoms with Crippen molar-refractivity contribution in [2.24, 2.45) is 12.8 Å². The Labute approximate surface area is 135 Å². The van der Waals surface area contributed by atoms with Gasteiger partial charge in [-0.2, -0.15) is 0 Å².